The van der Waals surface area contributed by atoms with E-state index in [1.807, 2.05) is 36.4 Å². The Morgan fingerprint density at radius 1 is 1.00 bits per heavy atom. The number of nitrogens with one attached hydrogen (secondary N) is 1. The maximum atomic E-state index is 12.6. The Balaban J connectivity index is 1.30. The monoisotopic (exact) mass is 445 g/mol. The summed E-state index contributed by atoms with van der Waals surface area (Å²) < 4.78 is 0. The van der Waals surface area contributed by atoms with Gasteiger partial charge in [-0.1, -0.05) is 30.7 Å². The summed E-state index contributed by atoms with van der Waals surface area (Å²) >= 11 is 0. The number of amides is 1. The molecule has 2 N–H and O–H groups in total. The second-order valence-electron chi connectivity index (χ2n) is 9.06. The molecule has 2 saturated heterocycles. The maximum Gasteiger partial charge on any atom is 0.221 e. The van der Waals surface area contributed by atoms with Gasteiger partial charge >= 0.3 is 0 Å². The lowest BCUT2D eigenvalue weighted by atomic mass is 10.1. The van der Waals surface area contributed by atoms with Gasteiger partial charge in [-0.2, -0.15) is 0 Å². The van der Waals surface area contributed by atoms with E-state index in [9.17, 15) is 9.90 Å². The van der Waals surface area contributed by atoms with Crippen molar-refractivity contribution in [2.75, 3.05) is 37.6 Å². The number of piperidine rings is 1. The molecule has 0 spiro atoms. The van der Waals surface area contributed by atoms with Gasteiger partial charge in [0.2, 0.25) is 5.91 Å². The van der Waals surface area contributed by atoms with Crippen LogP contribution in [0.1, 0.15) is 32.1 Å². The quantitative estimate of drug-likeness (QED) is 0.604. The van der Waals surface area contributed by atoms with Crippen LogP contribution >= 0.6 is 0 Å². The molecule has 0 aliphatic carbocycles. The van der Waals surface area contributed by atoms with Crippen molar-refractivity contribution < 1.29 is 9.90 Å². The van der Waals surface area contributed by atoms with Crippen LogP contribution in [0.15, 0.2) is 48.5 Å². The number of fused-ring (bicyclic) bond motifs is 1. The van der Waals surface area contributed by atoms with Crippen molar-refractivity contribution in [3.8, 4) is 17.1 Å². The van der Waals surface area contributed by atoms with E-state index in [2.05, 4.69) is 15.1 Å². The fraction of sp³-hybridized carbons (Fsp3) is 0.423. The number of carbonyl (C=O) groups excluding carboxylic acids is 1. The summed E-state index contributed by atoms with van der Waals surface area (Å²) in [7, 11) is 0. The summed E-state index contributed by atoms with van der Waals surface area (Å²) in [4.78, 5) is 26.8. The highest BCUT2D eigenvalue weighted by Crippen LogP contribution is 2.32. The summed E-state index contributed by atoms with van der Waals surface area (Å²) in [5.41, 5.74) is 1.46. The SMILES string of the molecule is O=C(CCN1CCCCC1)NC1CCN(c2nc(-c3ccccc3O)nc3ccccc23)C1. The maximum absolute atomic E-state index is 12.6. The van der Waals surface area contributed by atoms with Gasteiger partial charge in [-0.3, -0.25) is 4.79 Å². The summed E-state index contributed by atoms with van der Waals surface area (Å²) in [5.74, 6) is 1.66. The van der Waals surface area contributed by atoms with Crippen molar-refractivity contribution in [3.05, 3.63) is 48.5 Å². The van der Waals surface area contributed by atoms with Crippen LogP contribution in [-0.4, -0.2) is 64.6 Å². The molecule has 1 aromatic heterocycles. The highest BCUT2D eigenvalue weighted by Gasteiger charge is 2.27. The van der Waals surface area contributed by atoms with E-state index >= 15 is 0 Å². The van der Waals surface area contributed by atoms with E-state index < -0.39 is 0 Å². The Kier molecular flexibility index (Phi) is 6.39. The fourth-order valence-electron chi connectivity index (χ4n) is 4.90. The zero-order valence-corrected chi connectivity index (χ0v) is 18.9. The average Bonchev–Trinajstić information content (AvgIpc) is 3.31. The molecule has 33 heavy (non-hydrogen) atoms. The van der Waals surface area contributed by atoms with Gasteiger partial charge < -0.3 is 20.2 Å². The van der Waals surface area contributed by atoms with Gasteiger partial charge in [0, 0.05) is 37.5 Å². The summed E-state index contributed by atoms with van der Waals surface area (Å²) in [6, 6.07) is 15.2. The van der Waals surface area contributed by atoms with E-state index in [1.54, 1.807) is 12.1 Å². The molecule has 1 amide bonds. The van der Waals surface area contributed by atoms with Crippen molar-refractivity contribution in [2.24, 2.45) is 0 Å². The number of anilines is 1. The minimum Gasteiger partial charge on any atom is -0.507 e. The molecule has 1 atom stereocenters. The third kappa shape index (κ3) is 4.93. The van der Waals surface area contributed by atoms with Crippen LogP contribution in [0.2, 0.25) is 0 Å². The van der Waals surface area contributed by atoms with Crippen LogP contribution in [0.4, 0.5) is 5.82 Å². The molecule has 5 rings (SSSR count). The van der Waals surface area contributed by atoms with Crippen LogP contribution in [0, 0.1) is 0 Å². The smallest absolute Gasteiger partial charge is 0.221 e. The minimum atomic E-state index is 0.112. The molecule has 7 nitrogen and oxygen atoms in total. The number of likely N-dealkylation sites (tertiary alicyclic amines) is 1. The number of hydrogen-bond acceptors (Lipinski definition) is 6. The van der Waals surface area contributed by atoms with Crippen LogP contribution in [0.25, 0.3) is 22.3 Å². The van der Waals surface area contributed by atoms with Gasteiger partial charge in [0.15, 0.2) is 5.82 Å². The van der Waals surface area contributed by atoms with Crippen LogP contribution in [-0.2, 0) is 4.79 Å². The molecular weight excluding hydrogens is 414 g/mol. The molecule has 172 valence electrons. The third-order valence-electron chi connectivity index (χ3n) is 6.68. The van der Waals surface area contributed by atoms with Gasteiger partial charge in [-0.05, 0) is 56.6 Å². The lowest BCUT2D eigenvalue weighted by Gasteiger charge is -2.26. The van der Waals surface area contributed by atoms with Crippen LogP contribution < -0.4 is 10.2 Å². The Bertz CT molecular complexity index is 1130. The van der Waals surface area contributed by atoms with Gasteiger partial charge in [-0.15, -0.1) is 0 Å². The number of aromatic hydroxyl groups is 1. The molecule has 2 aliphatic heterocycles. The molecule has 3 aromatic rings. The van der Waals surface area contributed by atoms with Crippen molar-refractivity contribution in [3.63, 3.8) is 0 Å². The van der Waals surface area contributed by atoms with Crippen molar-refractivity contribution in [2.45, 2.75) is 38.1 Å². The lowest BCUT2D eigenvalue weighted by Crippen LogP contribution is -2.39. The van der Waals surface area contributed by atoms with Crippen molar-refractivity contribution >= 4 is 22.6 Å². The summed E-state index contributed by atoms with van der Waals surface area (Å²) in [6.07, 6.45) is 5.25. The highest BCUT2D eigenvalue weighted by molar-refractivity contribution is 5.91. The Morgan fingerprint density at radius 3 is 2.64 bits per heavy atom. The predicted molar refractivity (Wildman–Crippen MR) is 130 cm³/mol. The molecule has 0 radical (unpaired) electrons. The fourth-order valence-corrected chi connectivity index (χ4v) is 4.90. The number of rotatable bonds is 6. The summed E-state index contributed by atoms with van der Waals surface area (Å²) in [6.45, 7) is 4.62. The third-order valence-corrected chi connectivity index (χ3v) is 6.68. The number of carbonyl (C=O) groups is 1. The van der Waals surface area contributed by atoms with E-state index in [4.69, 9.17) is 9.97 Å². The first-order valence-electron chi connectivity index (χ1n) is 12.0. The van der Waals surface area contributed by atoms with E-state index in [0.29, 0.717) is 17.8 Å². The normalized spacial score (nSPS) is 19.2. The molecular formula is C26H31N5O2. The molecule has 7 heteroatoms. The van der Waals surface area contributed by atoms with Crippen molar-refractivity contribution in [1.82, 2.24) is 20.2 Å². The topological polar surface area (TPSA) is 81.6 Å². The van der Waals surface area contributed by atoms with E-state index in [1.165, 1.54) is 19.3 Å². The molecule has 0 bridgehead atoms. The predicted octanol–water partition coefficient (Wildman–Crippen LogP) is 3.57. The molecule has 3 heterocycles. The van der Waals surface area contributed by atoms with Gasteiger partial charge in [0.25, 0.3) is 0 Å². The summed E-state index contributed by atoms with van der Waals surface area (Å²) in [5, 5.41) is 14.5. The van der Waals surface area contributed by atoms with E-state index in [-0.39, 0.29) is 17.7 Å². The van der Waals surface area contributed by atoms with Crippen molar-refractivity contribution in [1.29, 1.82) is 0 Å². The van der Waals surface area contributed by atoms with Gasteiger partial charge in [-0.25, -0.2) is 9.97 Å². The largest absolute Gasteiger partial charge is 0.507 e. The number of aromatic nitrogens is 2. The van der Waals surface area contributed by atoms with Crippen LogP contribution in [0.3, 0.4) is 0 Å². The Hall–Kier alpha value is -3.19. The van der Waals surface area contributed by atoms with Gasteiger partial charge in [0.05, 0.1) is 11.1 Å². The zero-order chi connectivity index (χ0) is 22.6. The van der Waals surface area contributed by atoms with Crippen LogP contribution in [0.5, 0.6) is 5.75 Å². The number of phenolic OH excluding ortho intramolecular Hbond substituents is 1. The lowest BCUT2D eigenvalue weighted by molar-refractivity contribution is -0.122. The minimum absolute atomic E-state index is 0.112. The Morgan fingerprint density at radius 2 is 1.79 bits per heavy atom. The second-order valence-corrected chi connectivity index (χ2v) is 9.06. The number of nitrogens with zero attached hydrogens (tertiary/aromatic N) is 4. The number of hydrogen-bond donors (Lipinski definition) is 2. The first-order chi connectivity index (χ1) is 16.2. The zero-order valence-electron chi connectivity index (χ0n) is 18.9. The average molecular weight is 446 g/mol. The molecule has 2 aliphatic rings. The first-order valence-corrected chi connectivity index (χ1v) is 12.0. The Labute approximate surface area is 194 Å². The number of benzene rings is 2. The molecule has 2 aromatic carbocycles. The highest BCUT2D eigenvalue weighted by atomic mass is 16.3. The first kappa shape index (κ1) is 21.6. The molecule has 0 saturated carbocycles. The molecule has 2 fully saturated rings. The number of para-hydroxylation sites is 2. The van der Waals surface area contributed by atoms with Gasteiger partial charge in [0.1, 0.15) is 11.6 Å². The number of phenols is 1. The standard InChI is InChI=1S/C26H31N5O2/c32-23-11-5-3-9-21(23)25-28-22-10-4-2-8-20(22)26(29-25)31-17-12-19(18-31)27-24(33)13-16-30-14-6-1-7-15-30/h2-5,8-11,19,32H,1,6-7,12-18H2,(H,27,33). The molecule has 1 unspecified atom stereocenters. The second kappa shape index (κ2) is 9.75. The van der Waals surface area contributed by atoms with E-state index in [0.717, 1.165) is 55.9 Å².